The SMILES string of the molecule is C=C1C/C(=C\c2cnn3c(NC4CCN(CCO)CC4)cc(Nc4cccc(Cl)c4)nc23)C(=O)N1. The highest BCUT2D eigenvalue weighted by atomic mass is 35.5. The maximum Gasteiger partial charge on any atom is 0.251 e. The average molecular weight is 494 g/mol. The van der Waals surface area contributed by atoms with E-state index in [1.165, 1.54) is 0 Å². The van der Waals surface area contributed by atoms with Gasteiger partial charge in [-0.1, -0.05) is 24.2 Å². The lowest BCUT2D eigenvalue weighted by Gasteiger charge is -2.32. The Balaban J connectivity index is 1.48. The van der Waals surface area contributed by atoms with Gasteiger partial charge in [-0.25, -0.2) is 4.98 Å². The van der Waals surface area contributed by atoms with E-state index in [-0.39, 0.29) is 18.6 Å². The molecule has 0 saturated carbocycles. The molecule has 0 radical (unpaired) electrons. The third kappa shape index (κ3) is 5.32. The van der Waals surface area contributed by atoms with Gasteiger partial charge < -0.3 is 26.0 Å². The summed E-state index contributed by atoms with van der Waals surface area (Å²) in [6, 6.07) is 9.66. The Morgan fingerprint density at radius 3 is 2.83 bits per heavy atom. The van der Waals surface area contributed by atoms with E-state index in [4.69, 9.17) is 16.6 Å². The van der Waals surface area contributed by atoms with Gasteiger partial charge in [-0.15, -0.1) is 0 Å². The van der Waals surface area contributed by atoms with Gasteiger partial charge in [0.15, 0.2) is 5.65 Å². The molecule has 1 aromatic carbocycles. The van der Waals surface area contributed by atoms with Crippen molar-refractivity contribution >= 4 is 46.6 Å². The van der Waals surface area contributed by atoms with Crippen LogP contribution in [0.2, 0.25) is 5.02 Å². The number of β-amino-alcohol motifs (C(OH)–C–C–N with tert-alkyl or cyclic N) is 1. The first-order chi connectivity index (χ1) is 17.0. The lowest BCUT2D eigenvalue weighted by molar-refractivity contribution is -0.115. The lowest BCUT2D eigenvalue weighted by Crippen LogP contribution is -2.40. The van der Waals surface area contributed by atoms with Crippen molar-refractivity contribution in [2.75, 3.05) is 36.9 Å². The molecule has 9 nitrogen and oxygen atoms in total. The van der Waals surface area contributed by atoms with Crippen LogP contribution < -0.4 is 16.0 Å². The zero-order chi connectivity index (χ0) is 24.4. The summed E-state index contributed by atoms with van der Waals surface area (Å²) in [7, 11) is 0. The summed E-state index contributed by atoms with van der Waals surface area (Å²) in [5.41, 5.74) is 3.52. The van der Waals surface area contributed by atoms with E-state index in [1.807, 2.05) is 36.4 Å². The van der Waals surface area contributed by atoms with Crippen molar-refractivity contribution in [1.82, 2.24) is 24.8 Å². The Labute approximate surface area is 208 Å². The first-order valence-corrected chi connectivity index (χ1v) is 12.1. The summed E-state index contributed by atoms with van der Waals surface area (Å²) >= 11 is 6.17. The normalized spacial score (nSPS) is 18.4. The number of carbonyl (C=O) groups excluding carboxylic acids is 1. The minimum Gasteiger partial charge on any atom is -0.395 e. The van der Waals surface area contributed by atoms with Crippen molar-refractivity contribution in [3.05, 3.63) is 65.0 Å². The first-order valence-electron chi connectivity index (χ1n) is 11.7. The third-order valence-corrected chi connectivity index (χ3v) is 6.50. The highest BCUT2D eigenvalue weighted by molar-refractivity contribution is 6.30. The molecule has 0 spiro atoms. The van der Waals surface area contributed by atoms with Crippen LogP contribution in [0.25, 0.3) is 11.7 Å². The number of likely N-dealkylation sites (tertiary alicyclic amines) is 1. The molecular formula is C25H28ClN7O2. The van der Waals surface area contributed by atoms with Crippen LogP contribution in [0.3, 0.4) is 0 Å². The summed E-state index contributed by atoms with van der Waals surface area (Å²) in [5, 5.41) is 24.1. The van der Waals surface area contributed by atoms with E-state index in [9.17, 15) is 9.90 Å². The molecule has 5 rings (SSSR count). The van der Waals surface area contributed by atoms with Crippen molar-refractivity contribution in [1.29, 1.82) is 0 Å². The number of rotatable bonds is 7. The molecule has 0 atom stereocenters. The van der Waals surface area contributed by atoms with Gasteiger partial charge in [0.1, 0.15) is 11.6 Å². The number of allylic oxidation sites excluding steroid dienone is 1. The van der Waals surface area contributed by atoms with Crippen LogP contribution >= 0.6 is 11.6 Å². The smallest absolute Gasteiger partial charge is 0.251 e. The minimum atomic E-state index is -0.143. The fraction of sp³-hybridized carbons (Fsp3) is 0.320. The number of nitrogens with one attached hydrogen (secondary N) is 3. The van der Waals surface area contributed by atoms with Crippen molar-refractivity contribution in [2.24, 2.45) is 0 Å². The molecule has 2 aliphatic rings. The van der Waals surface area contributed by atoms with Crippen molar-refractivity contribution in [2.45, 2.75) is 25.3 Å². The number of amides is 1. The van der Waals surface area contributed by atoms with Gasteiger partial charge in [0, 0.05) is 65.7 Å². The van der Waals surface area contributed by atoms with Gasteiger partial charge in [-0.05, 0) is 37.1 Å². The Bertz CT molecular complexity index is 1290. The average Bonchev–Trinajstić information content (AvgIpc) is 3.37. The zero-order valence-electron chi connectivity index (χ0n) is 19.3. The fourth-order valence-electron chi connectivity index (χ4n) is 4.51. The summed E-state index contributed by atoms with van der Waals surface area (Å²) in [5.74, 6) is 1.31. The van der Waals surface area contributed by atoms with Crippen LogP contribution in [0.5, 0.6) is 0 Å². The number of anilines is 3. The Morgan fingerprint density at radius 1 is 1.29 bits per heavy atom. The number of fused-ring (bicyclic) bond motifs is 1. The topological polar surface area (TPSA) is 107 Å². The van der Waals surface area contributed by atoms with Crippen molar-refractivity contribution in [3.8, 4) is 0 Å². The lowest BCUT2D eigenvalue weighted by atomic mass is 10.1. The number of halogens is 1. The molecular weight excluding hydrogens is 466 g/mol. The molecule has 10 heteroatoms. The number of piperidine rings is 1. The molecule has 4 N–H and O–H groups in total. The highest BCUT2D eigenvalue weighted by Gasteiger charge is 2.22. The van der Waals surface area contributed by atoms with E-state index < -0.39 is 0 Å². The van der Waals surface area contributed by atoms with E-state index in [2.05, 4.69) is 32.5 Å². The van der Waals surface area contributed by atoms with Gasteiger partial charge >= 0.3 is 0 Å². The van der Waals surface area contributed by atoms with Crippen molar-refractivity contribution in [3.63, 3.8) is 0 Å². The maximum atomic E-state index is 12.2. The highest BCUT2D eigenvalue weighted by Crippen LogP contribution is 2.27. The molecule has 2 aromatic heterocycles. The second-order valence-electron chi connectivity index (χ2n) is 8.89. The van der Waals surface area contributed by atoms with Gasteiger partial charge in [0.2, 0.25) is 0 Å². The maximum absolute atomic E-state index is 12.2. The van der Waals surface area contributed by atoms with Crippen LogP contribution in [0.15, 0.2) is 54.4 Å². The zero-order valence-corrected chi connectivity index (χ0v) is 20.1. The predicted molar refractivity (Wildman–Crippen MR) is 138 cm³/mol. The minimum absolute atomic E-state index is 0.143. The molecule has 4 heterocycles. The number of hydrogen-bond acceptors (Lipinski definition) is 7. The molecule has 0 unspecified atom stereocenters. The largest absolute Gasteiger partial charge is 0.395 e. The quantitative estimate of drug-likeness (QED) is 0.374. The number of aromatic nitrogens is 3. The van der Waals surface area contributed by atoms with Crippen LogP contribution in [0.4, 0.5) is 17.3 Å². The molecule has 0 bridgehead atoms. The summed E-state index contributed by atoms with van der Waals surface area (Å²) in [6.07, 6.45) is 5.95. The van der Waals surface area contributed by atoms with Crippen LogP contribution in [-0.2, 0) is 4.79 Å². The van der Waals surface area contributed by atoms with Crippen LogP contribution in [0, 0.1) is 0 Å². The fourth-order valence-corrected chi connectivity index (χ4v) is 4.70. The molecule has 2 fully saturated rings. The Kier molecular flexibility index (Phi) is 6.72. The van der Waals surface area contributed by atoms with Gasteiger partial charge in [0.05, 0.1) is 12.8 Å². The van der Waals surface area contributed by atoms with E-state index in [1.54, 1.807) is 10.7 Å². The molecule has 0 aliphatic carbocycles. The predicted octanol–water partition coefficient (Wildman–Crippen LogP) is 3.41. The molecule has 182 valence electrons. The number of nitrogens with zero attached hydrogens (tertiary/aromatic N) is 4. The number of hydrogen-bond donors (Lipinski definition) is 4. The van der Waals surface area contributed by atoms with Gasteiger partial charge in [-0.3, -0.25) is 4.79 Å². The van der Waals surface area contributed by atoms with E-state index in [0.717, 1.165) is 43.0 Å². The molecule has 2 saturated heterocycles. The molecule has 2 aliphatic heterocycles. The van der Waals surface area contributed by atoms with E-state index >= 15 is 0 Å². The van der Waals surface area contributed by atoms with Crippen molar-refractivity contribution < 1.29 is 9.90 Å². The monoisotopic (exact) mass is 493 g/mol. The number of benzene rings is 1. The van der Waals surface area contributed by atoms with Crippen LogP contribution in [0.1, 0.15) is 24.8 Å². The number of aliphatic hydroxyl groups excluding tert-OH is 1. The van der Waals surface area contributed by atoms with Crippen LogP contribution in [-0.4, -0.2) is 62.8 Å². The van der Waals surface area contributed by atoms with Gasteiger partial charge in [0.25, 0.3) is 5.91 Å². The number of aliphatic hydroxyl groups is 1. The summed E-state index contributed by atoms with van der Waals surface area (Å²) < 4.78 is 1.78. The Morgan fingerprint density at radius 2 is 2.11 bits per heavy atom. The molecule has 3 aromatic rings. The summed E-state index contributed by atoms with van der Waals surface area (Å²) in [4.78, 5) is 19.3. The Hall–Kier alpha value is -3.40. The standard InChI is InChI=1S/C25H28ClN7O2/c1-16-11-17(25(35)28-16)12-18-15-27-33-23(30-20-5-7-32(8-6-20)9-10-34)14-22(31-24(18)33)29-21-4-2-3-19(26)13-21/h2-4,12-15,20,30,34H,1,5-11H2,(H,28,35)(H,29,31)/b17-12+. The number of carbonyl (C=O) groups is 1. The third-order valence-electron chi connectivity index (χ3n) is 6.27. The first kappa shape index (κ1) is 23.3. The molecule has 35 heavy (non-hydrogen) atoms. The summed E-state index contributed by atoms with van der Waals surface area (Å²) in [6.45, 7) is 6.59. The second kappa shape index (κ2) is 10.1. The van der Waals surface area contributed by atoms with E-state index in [0.29, 0.717) is 40.7 Å². The second-order valence-corrected chi connectivity index (χ2v) is 9.32. The van der Waals surface area contributed by atoms with Gasteiger partial charge in [-0.2, -0.15) is 9.61 Å². The molecule has 1 amide bonds.